The van der Waals surface area contributed by atoms with E-state index in [2.05, 4.69) is 29.3 Å². The molecule has 2 nitrogen and oxygen atoms in total. The van der Waals surface area contributed by atoms with Gasteiger partial charge in [-0.05, 0) is 12.5 Å². The van der Waals surface area contributed by atoms with Crippen molar-refractivity contribution in [3.63, 3.8) is 0 Å². The van der Waals surface area contributed by atoms with Gasteiger partial charge >= 0.3 is 0 Å². The number of benzene rings is 1. The summed E-state index contributed by atoms with van der Waals surface area (Å²) >= 11 is 0. The Hall–Kier alpha value is -0.640. The quantitative estimate of drug-likeness (QED) is 0.895. The highest BCUT2D eigenvalue weighted by molar-refractivity contribution is 5.85. The van der Waals surface area contributed by atoms with Crippen LogP contribution in [0.2, 0.25) is 0 Å². The highest BCUT2D eigenvalue weighted by atomic mass is 35.5. The molecule has 0 aromatic heterocycles. The first-order valence-corrected chi connectivity index (χ1v) is 5.88. The minimum absolute atomic E-state index is 0. The number of aryl methyl sites for hydroxylation is 1. The van der Waals surface area contributed by atoms with Gasteiger partial charge in [0, 0.05) is 26.2 Å². The van der Waals surface area contributed by atoms with Crippen LogP contribution in [0.15, 0.2) is 24.3 Å². The lowest BCUT2D eigenvalue weighted by atomic mass is 10.0. The van der Waals surface area contributed by atoms with E-state index in [4.69, 9.17) is 0 Å². The number of nitrogens with zero attached hydrogens (tertiary/aromatic N) is 1. The molecule has 0 radical (unpaired) electrons. The van der Waals surface area contributed by atoms with Gasteiger partial charge in [0.25, 0.3) is 0 Å². The molecule has 1 saturated heterocycles. The Morgan fingerprint density at radius 1 is 1.35 bits per heavy atom. The molecule has 0 amide bonds. The predicted molar refractivity (Wildman–Crippen MR) is 71.6 cm³/mol. The fourth-order valence-electron chi connectivity index (χ4n) is 2.27. The Morgan fingerprint density at radius 2 is 2.06 bits per heavy atom. The second-order valence-electron chi connectivity index (χ2n) is 4.37. The Morgan fingerprint density at radius 3 is 2.65 bits per heavy atom. The van der Waals surface area contributed by atoms with Crippen LogP contribution in [0.4, 0.5) is 4.39 Å². The summed E-state index contributed by atoms with van der Waals surface area (Å²) in [5.41, 5.74) is 2.30. The van der Waals surface area contributed by atoms with Crippen molar-refractivity contribution in [2.75, 3.05) is 32.9 Å². The van der Waals surface area contributed by atoms with Gasteiger partial charge in [0.1, 0.15) is 6.67 Å². The van der Waals surface area contributed by atoms with Crippen LogP contribution in [-0.2, 0) is 0 Å². The van der Waals surface area contributed by atoms with Crippen molar-refractivity contribution in [2.24, 2.45) is 0 Å². The molecule has 1 N–H and O–H groups in total. The molecule has 1 fully saturated rings. The molecular weight excluding hydrogens is 239 g/mol. The van der Waals surface area contributed by atoms with Crippen molar-refractivity contribution in [1.29, 1.82) is 0 Å². The SMILES string of the molecule is Cc1cccc([C@H](CF)N2CCNCC2)c1.Cl. The maximum Gasteiger partial charge on any atom is 0.109 e. The second kappa shape index (κ2) is 6.94. The van der Waals surface area contributed by atoms with Gasteiger partial charge in [-0.25, -0.2) is 4.39 Å². The fourth-order valence-corrected chi connectivity index (χ4v) is 2.27. The smallest absolute Gasteiger partial charge is 0.109 e. The Labute approximate surface area is 109 Å². The van der Waals surface area contributed by atoms with Crippen molar-refractivity contribution in [3.8, 4) is 0 Å². The van der Waals surface area contributed by atoms with E-state index < -0.39 is 0 Å². The van der Waals surface area contributed by atoms with Gasteiger partial charge in [0.05, 0.1) is 6.04 Å². The summed E-state index contributed by atoms with van der Waals surface area (Å²) < 4.78 is 13.2. The predicted octanol–water partition coefficient (Wildman–Crippen LogP) is 2.33. The molecule has 1 aromatic carbocycles. The zero-order valence-electron chi connectivity index (χ0n) is 10.2. The molecule has 1 aliphatic rings. The first-order chi connectivity index (χ1) is 7.81. The Bertz CT molecular complexity index is 340. The molecule has 96 valence electrons. The molecular formula is C13H20ClFN2. The molecule has 0 spiro atoms. The number of hydrogen-bond donors (Lipinski definition) is 1. The van der Waals surface area contributed by atoms with Crippen molar-refractivity contribution >= 4 is 12.4 Å². The molecule has 0 saturated carbocycles. The maximum atomic E-state index is 13.2. The Balaban J connectivity index is 0.00000144. The minimum atomic E-state index is -0.302. The number of alkyl halides is 1. The summed E-state index contributed by atoms with van der Waals surface area (Å²) in [6.45, 7) is 5.54. The number of rotatable bonds is 3. The molecule has 2 rings (SSSR count). The summed E-state index contributed by atoms with van der Waals surface area (Å²) in [6.07, 6.45) is 0. The summed E-state index contributed by atoms with van der Waals surface area (Å²) in [6, 6.07) is 8.11. The normalized spacial score (nSPS) is 18.5. The highest BCUT2D eigenvalue weighted by Gasteiger charge is 2.21. The van der Waals surface area contributed by atoms with Crippen LogP contribution in [-0.4, -0.2) is 37.8 Å². The fraction of sp³-hybridized carbons (Fsp3) is 0.538. The van der Waals surface area contributed by atoms with Gasteiger partial charge in [-0.15, -0.1) is 12.4 Å². The molecule has 17 heavy (non-hydrogen) atoms. The molecule has 1 atom stereocenters. The van der Waals surface area contributed by atoms with Gasteiger partial charge in [-0.1, -0.05) is 29.8 Å². The molecule has 0 bridgehead atoms. The van der Waals surface area contributed by atoms with Crippen molar-refractivity contribution < 1.29 is 4.39 Å². The lowest BCUT2D eigenvalue weighted by Gasteiger charge is -2.33. The van der Waals surface area contributed by atoms with E-state index in [9.17, 15) is 4.39 Å². The van der Waals surface area contributed by atoms with Gasteiger partial charge in [0.2, 0.25) is 0 Å². The average Bonchev–Trinajstić information content (AvgIpc) is 2.31. The van der Waals surface area contributed by atoms with Gasteiger partial charge in [-0.2, -0.15) is 0 Å². The molecule has 1 aliphatic heterocycles. The van der Waals surface area contributed by atoms with Gasteiger partial charge in [0.15, 0.2) is 0 Å². The Kier molecular flexibility index (Phi) is 5.89. The molecule has 0 aliphatic carbocycles. The van der Waals surface area contributed by atoms with E-state index in [1.807, 2.05) is 12.1 Å². The van der Waals surface area contributed by atoms with Crippen LogP contribution < -0.4 is 5.32 Å². The third-order valence-electron chi connectivity index (χ3n) is 3.17. The highest BCUT2D eigenvalue weighted by Crippen LogP contribution is 2.22. The van der Waals surface area contributed by atoms with E-state index in [1.54, 1.807) is 0 Å². The van der Waals surface area contributed by atoms with Crippen LogP contribution >= 0.6 is 12.4 Å². The van der Waals surface area contributed by atoms with E-state index in [0.29, 0.717) is 0 Å². The summed E-state index contributed by atoms with van der Waals surface area (Å²) in [4.78, 5) is 2.23. The van der Waals surface area contributed by atoms with E-state index >= 15 is 0 Å². The van der Waals surface area contributed by atoms with Crippen LogP contribution in [0, 0.1) is 6.92 Å². The number of hydrogen-bond acceptors (Lipinski definition) is 2. The third-order valence-corrected chi connectivity index (χ3v) is 3.17. The largest absolute Gasteiger partial charge is 0.314 e. The minimum Gasteiger partial charge on any atom is -0.314 e. The zero-order valence-corrected chi connectivity index (χ0v) is 11.0. The van der Waals surface area contributed by atoms with Crippen LogP contribution in [0.1, 0.15) is 17.2 Å². The van der Waals surface area contributed by atoms with Crippen LogP contribution in [0.5, 0.6) is 0 Å². The first kappa shape index (κ1) is 14.4. The molecule has 1 aromatic rings. The second-order valence-corrected chi connectivity index (χ2v) is 4.37. The number of nitrogens with one attached hydrogen (secondary N) is 1. The average molecular weight is 259 g/mol. The number of halogens is 2. The molecule has 4 heteroatoms. The van der Waals surface area contributed by atoms with Gasteiger partial charge < -0.3 is 5.32 Å². The molecule has 1 heterocycles. The first-order valence-electron chi connectivity index (χ1n) is 5.88. The maximum absolute atomic E-state index is 13.2. The topological polar surface area (TPSA) is 15.3 Å². The lowest BCUT2D eigenvalue weighted by Crippen LogP contribution is -2.45. The summed E-state index contributed by atoms with van der Waals surface area (Å²) in [5.74, 6) is 0. The summed E-state index contributed by atoms with van der Waals surface area (Å²) in [7, 11) is 0. The van der Waals surface area contributed by atoms with Crippen molar-refractivity contribution in [2.45, 2.75) is 13.0 Å². The number of piperazine rings is 1. The monoisotopic (exact) mass is 258 g/mol. The lowest BCUT2D eigenvalue weighted by molar-refractivity contribution is 0.147. The van der Waals surface area contributed by atoms with Gasteiger partial charge in [-0.3, -0.25) is 4.90 Å². The van der Waals surface area contributed by atoms with E-state index in [1.165, 1.54) is 5.56 Å². The van der Waals surface area contributed by atoms with Crippen LogP contribution in [0.3, 0.4) is 0 Å². The van der Waals surface area contributed by atoms with E-state index in [-0.39, 0.29) is 25.1 Å². The summed E-state index contributed by atoms with van der Waals surface area (Å²) in [5, 5.41) is 3.29. The molecule has 0 unspecified atom stereocenters. The van der Waals surface area contributed by atoms with Crippen molar-refractivity contribution in [1.82, 2.24) is 10.2 Å². The zero-order chi connectivity index (χ0) is 11.4. The van der Waals surface area contributed by atoms with E-state index in [0.717, 1.165) is 31.7 Å². The van der Waals surface area contributed by atoms with Crippen molar-refractivity contribution in [3.05, 3.63) is 35.4 Å². The standard InChI is InChI=1S/C13H19FN2.ClH/c1-11-3-2-4-12(9-11)13(10-14)16-7-5-15-6-8-16;/h2-4,9,13,15H,5-8,10H2,1H3;1H/t13-;/m0./s1. The van der Waals surface area contributed by atoms with Crippen LogP contribution in [0.25, 0.3) is 0 Å². The third kappa shape index (κ3) is 3.66.